The van der Waals surface area contributed by atoms with Gasteiger partial charge in [0, 0.05) is 24.6 Å². The van der Waals surface area contributed by atoms with Crippen LogP contribution in [0.5, 0.6) is 0 Å². The van der Waals surface area contributed by atoms with Crippen molar-refractivity contribution in [1.29, 1.82) is 0 Å². The lowest BCUT2D eigenvalue weighted by molar-refractivity contribution is 0.102. The van der Waals surface area contributed by atoms with Crippen molar-refractivity contribution in [3.63, 3.8) is 0 Å². The first-order valence-electron chi connectivity index (χ1n) is 7.63. The van der Waals surface area contributed by atoms with Gasteiger partial charge in [-0.15, -0.1) is 0 Å². The second-order valence-corrected chi connectivity index (χ2v) is 5.46. The predicted molar refractivity (Wildman–Crippen MR) is 95.7 cm³/mol. The highest BCUT2D eigenvalue weighted by Gasteiger charge is 2.12. The first kappa shape index (κ1) is 15.7. The van der Waals surface area contributed by atoms with E-state index in [1.54, 1.807) is 12.3 Å². The zero-order valence-corrected chi connectivity index (χ0v) is 13.6. The molecule has 1 heterocycles. The number of nitrogens with zero attached hydrogens (tertiary/aromatic N) is 3. The van der Waals surface area contributed by atoms with Gasteiger partial charge in [0.15, 0.2) is 0 Å². The number of amides is 1. The summed E-state index contributed by atoms with van der Waals surface area (Å²) < 4.78 is 0. The van der Waals surface area contributed by atoms with Crippen LogP contribution < -0.4 is 10.2 Å². The van der Waals surface area contributed by atoms with E-state index in [9.17, 15) is 4.79 Å². The van der Waals surface area contributed by atoms with Crippen LogP contribution in [0.4, 0.5) is 17.3 Å². The number of benzene rings is 2. The van der Waals surface area contributed by atoms with Crippen LogP contribution in [0.15, 0.2) is 66.9 Å². The summed E-state index contributed by atoms with van der Waals surface area (Å²) >= 11 is 0. The molecule has 0 fully saturated rings. The van der Waals surface area contributed by atoms with E-state index in [2.05, 4.69) is 15.3 Å². The van der Waals surface area contributed by atoms with Gasteiger partial charge in [-0.3, -0.25) is 4.79 Å². The number of hydrogen-bond donors (Lipinski definition) is 1. The van der Waals surface area contributed by atoms with Crippen molar-refractivity contribution in [3.05, 3.63) is 78.1 Å². The Bertz CT molecular complexity index is 849. The second kappa shape index (κ2) is 6.91. The van der Waals surface area contributed by atoms with Crippen molar-refractivity contribution in [2.75, 3.05) is 17.3 Å². The highest BCUT2D eigenvalue weighted by molar-refractivity contribution is 6.03. The molecule has 1 N–H and O–H groups in total. The average Bonchev–Trinajstić information content (AvgIpc) is 2.62. The maximum absolute atomic E-state index is 12.4. The number of anilines is 3. The summed E-state index contributed by atoms with van der Waals surface area (Å²) in [6.07, 6.45) is 1.59. The van der Waals surface area contributed by atoms with E-state index in [0.717, 1.165) is 16.9 Å². The Morgan fingerprint density at radius 1 is 1.04 bits per heavy atom. The quantitative estimate of drug-likeness (QED) is 0.795. The molecule has 120 valence electrons. The van der Waals surface area contributed by atoms with E-state index in [1.807, 2.05) is 73.5 Å². The Balaban J connectivity index is 1.81. The van der Waals surface area contributed by atoms with Crippen LogP contribution in [0.2, 0.25) is 0 Å². The molecule has 0 aliphatic carbocycles. The summed E-state index contributed by atoms with van der Waals surface area (Å²) in [6, 6.07) is 19.0. The summed E-state index contributed by atoms with van der Waals surface area (Å²) in [4.78, 5) is 22.9. The largest absolute Gasteiger partial charge is 0.321 e. The fourth-order valence-corrected chi connectivity index (χ4v) is 2.32. The molecule has 1 amide bonds. The normalized spacial score (nSPS) is 10.2. The molecule has 0 aliphatic heterocycles. The number of carbonyl (C=O) groups excluding carboxylic acids is 1. The third-order valence-electron chi connectivity index (χ3n) is 3.59. The molecule has 24 heavy (non-hydrogen) atoms. The number of hydrogen-bond acceptors (Lipinski definition) is 4. The first-order chi connectivity index (χ1) is 11.6. The smallest absolute Gasteiger partial charge is 0.274 e. The average molecular weight is 318 g/mol. The summed E-state index contributed by atoms with van der Waals surface area (Å²) in [7, 11) is 1.87. The third kappa shape index (κ3) is 3.57. The van der Waals surface area contributed by atoms with Crippen molar-refractivity contribution in [2.45, 2.75) is 6.92 Å². The molecule has 0 radical (unpaired) electrons. The molecule has 3 aromatic rings. The van der Waals surface area contributed by atoms with Crippen LogP contribution in [0.25, 0.3) is 0 Å². The predicted octanol–water partition coefficient (Wildman–Crippen LogP) is 3.81. The number of rotatable bonds is 4. The number of aryl methyl sites for hydroxylation is 1. The molecule has 0 spiro atoms. The Morgan fingerprint density at radius 3 is 2.58 bits per heavy atom. The van der Waals surface area contributed by atoms with Gasteiger partial charge in [-0.05, 0) is 42.8 Å². The standard InChI is InChI=1S/C19H18N4O/c1-14-7-6-8-15(13-14)21-18(24)17-11-12-20-19(22-17)23(2)16-9-4-3-5-10-16/h3-13H,1-2H3,(H,21,24). The van der Waals surface area contributed by atoms with E-state index in [1.165, 1.54) is 0 Å². The maximum atomic E-state index is 12.4. The molecule has 0 bridgehead atoms. The molecule has 5 nitrogen and oxygen atoms in total. The lowest BCUT2D eigenvalue weighted by Crippen LogP contribution is -2.18. The van der Waals surface area contributed by atoms with Gasteiger partial charge in [0.05, 0.1) is 0 Å². The summed E-state index contributed by atoms with van der Waals surface area (Å²) in [5.74, 6) is 0.212. The Morgan fingerprint density at radius 2 is 1.83 bits per heavy atom. The van der Waals surface area contributed by atoms with Crippen LogP contribution in [0.3, 0.4) is 0 Å². The third-order valence-corrected chi connectivity index (χ3v) is 3.59. The summed E-state index contributed by atoms with van der Waals surface area (Å²) in [6.45, 7) is 1.98. The van der Waals surface area contributed by atoms with Crippen molar-refractivity contribution in [1.82, 2.24) is 9.97 Å². The highest BCUT2D eigenvalue weighted by atomic mass is 16.1. The van der Waals surface area contributed by atoms with Gasteiger partial charge in [0.1, 0.15) is 5.69 Å². The molecule has 0 saturated heterocycles. The monoisotopic (exact) mass is 318 g/mol. The van der Waals surface area contributed by atoms with Crippen molar-refractivity contribution < 1.29 is 4.79 Å². The van der Waals surface area contributed by atoms with Gasteiger partial charge in [-0.2, -0.15) is 0 Å². The van der Waals surface area contributed by atoms with Crippen molar-refractivity contribution in [2.24, 2.45) is 0 Å². The van der Waals surface area contributed by atoms with Crippen molar-refractivity contribution in [3.8, 4) is 0 Å². The summed E-state index contributed by atoms with van der Waals surface area (Å²) in [5.41, 5.74) is 3.11. The van der Waals surface area contributed by atoms with Crippen LogP contribution in [0, 0.1) is 6.92 Å². The second-order valence-electron chi connectivity index (χ2n) is 5.46. The van der Waals surface area contributed by atoms with Crippen LogP contribution in [-0.4, -0.2) is 22.9 Å². The Kier molecular flexibility index (Phi) is 4.52. The minimum Gasteiger partial charge on any atom is -0.321 e. The lowest BCUT2D eigenvalue weighted by Gasteiger charge is -2.17. The van der Waals surface area contributed by atoms with E-state index in [-0.39, 0.29) is 5.91 Å². The Labute approximate surface area is 141 Å². The minimum absolute atomic E-state index is 0.259. The number of nitrogens with one attached hydrogen (secondary N) is 1. The fraction of sp³-hybridized carbons (Fsp3) is 0.105. The summed E-state index contributed by atoms with van der Waals surface area (Å²) in [5, 5.41) is 2.86. The number of para-hydroxylation sites is 1. The van der Waals surface area contributed by atoms with Gasteiger partial charge in [0.25, 0.3) is 5.91 Å². The molecular weight excluding hydrogens is 300 g/mol. The van der Waals surface area contributed by atoms with Gasteiger partial charge in [0.2, 0.25) is 5.95 Å². The van der Waals surface area contributed by atoms with Crippen molar-refractivity contribution >= 4 is 23.2 Å². The first-order valence-corrected chi connectivity index (χ1v) is 7.63. The molecule has 1 aromatic heterocycles. The number of carbonyl (C=O) groups is 1. The van der Waals surface area contributed by atoms with Crippen LogP contribution in [0.1, 0.15) is 16.1 Å². The molecule has 0 unspecified atom stereocenters. The minimum atomic E-state index is -0.259. The van der Waals surface area contributed by atoms with Gasteiger partial charge in [-0.25, -0.2) is 9.97 Å². The molecular formula is C19H18N4O. The van der Waals surface area contributed by atoms with E-state index in [4.69, 9.17) is 0 Å². The molecule has 0 atom stereocenters. The number of aromatic nitrogens is 2. The Hall–Kier alpha value is -3.21. The lowest BCUT2D eigenvalue weighted by atomic mass is 10.2. The molecule has 0 aliphatic rings. The van der Waals surface area contributed by atoms with Crippen LogP contribution >= 0.6 is 0 Å². The zero-order chi connectivity index (χ0) is 16.9. The van der Waals surface area contributed by atoms with Crippen LogP contribution in [-0.2, 0) is 0 Å². The zero-order valence-electron chi connectivity index (χ0n) is 13.6. The molecule has 2 aromatic carbocycles. The fourth-order valence-electron chi connectivity index (χ4n) is 2.32. The SMILES string of the molecule is Cc1cccc(NC(=O)c2ccnc(N(C)c3ccccc3)n2)c1. The molecule has 3 rings (SSSR count). The van der Waals surface area contributed by atoms with E-state index in [0.29, 0.717) is 11.6 Å². The van der Waals surface area contributed by atoms with E-state index >= 15 is 0 Å². The van der Waals surface area contributed by atoms with E-state index < -0.39 is 0 Å². The highest BCUT2D eigenvalue weighted by Crippen LogP contribution is 2.19. The van der Waals surface area contributed by atoms with Gasteiger partial charge in [-0.1, -0.05) is 30.3 Å². The van der Waals surface area contributed by atoms with Gasteiger partial charge >= 0.3 is 0 Å². The molecule has 0 saturated carbocycles. The maximum Gasteiger partial charge on any atom is 0.274 e. The topological polar surface area (TPSA) is 58.1 Å². The molecule has 5 heteroatoms. The van der Waals surface area contributed by atoms with Gasteiger partial charge < -0.3 is 10.2 Å².